The average Bonchev–Trinajstić information content (AvgIpc) is 2.08. The molecule has 1 heterocycles. The van der Waals surface area contributed by atoms with Crippen molar-refractivity contribution in [3.8, 4) is 0 Å². The van der Waals surface area contributed by atoms with Gasteiger partial charge in [0.15, 0.2) is 0 Å². The second-order valence-electron chi connectivity index (χ2n) is 3.64. The number of hydrogen-bond donors (Lipinski definition) is 1. The summed E-state index contributed by atoms with van der Waals surface area (Å²) in [5.74, 6) is 0.142. The summed E-state index contributed by atoms with van der Waals surface area (Å²) in [7, 11) is 0. The molecule has 0 bridgehead atoms. The number of likely N-dealkylation sites (N-methyl/N-ethyl adjacent to an activating group) is 1. The van der Waals surface area contributed by atoms with Crippen molar-refractivity contribution in [3.05, 3.63) is 0 Å². The molecule has 1 aliphatic rings. The first-order valence-corrected chi connectivity index (χ1v) is 4.64. The van der Waals surface area contributed by atoms with Gasteiger partial charge in [-0.15, -0.1) is 0 Å². The van der Waals surface area contributed by atoms with Crippen LogP contribution in [0.1, 0.15) is 20.8 Å². The first-order chi connectivity index (χ1) is 6.06. The standard InChI is InChI=1S/C9H16N2O2/c1-4-11-5-7(12)10-8(6(2)3)9(11)13/h6,8H,4-5H2,1-3H3,(H,10,12). The fourth-order valence-electron chi connectivity index (χ4n) is 1.45. The zero-order chi connectivity index (χ0) is 10.0. The van der Waals surface area contributed by atoms with Crippen LogP contribution in [0.25, 0.3) is 0 Å². The highest BCUT2D eigenvalue weighted by Crippen LogP contribution is 2.09. The fraction of sp³-hybridized carbons (Fsp3) is 0.778. The fourth-order valence-corrected chi connectivity index (χ4v) is 1.45. The molecule has 0 aromatic carbocycles. The van der Waals surface area contributed by atoms with Crippen LogP contribution in [0.3, 0.4) is 0 Å². The molecule has 1 unspecified atom stereocenters. The van der Waals surface area contributed by atoms with Crippen molar-refractivity contribution >= 4 is 11.8 Å². The third kappa shape index (κ3) is 1.99. The van der Waals surface area contributed by atoms with Crippen LogP contribution in [0.15, 0.2) is 0 Å². The summed E-state index contributed by atoms with van der Waals surface area (Å²) in [5.41, 5.74) is 0. The smallest absolute Gasteiger partial charge is 0.245 e. The third-order valence-electron chi connectivity index (χ3n) is 2.28. The maximum atomic E-state index is 11.7. The van der Waals surface area contributed by atoms with Crippen molar-refractivity contribution in [2.75, 3.05) is 13.1 Å². The van der Waals surface area contributed by atoms with Crippen LogP contribution < -0.4 is 5.32 Å². The molecule has 1 atom stereocenters. The van der Waals surface area contributed by atoms with Crippen LogP contribution >= 0.6 is 0 Å². The van der Waals surface area contributed by atoms with Gasteiger partial charge in [-0.3, -0.25) is 9.59 Å². The monoisotopic (exact) mass is 184 g/mol. The Hall–Kier alpha value is -1.06. The number of piperazine rings is 1. The summed E-state index contributed by atoms with van der Waals surface area (Å²) in [6.45, 7) is 6.56. The molecule has 0 radical (unpaired) electrons. The topological polar surface area (TPSA) is 49.4 Å². The van der Waals surface area contributed by atoms with Gasteiger partial charge >= 0.3 is 0 Å². The molecule has 4 heteroatoms. The van der Waals surface area contributed by atoms with E-state index in [9.17, 15) is 9.59 Å². The van der Waals surface area contributed by atoms with Gasteiger partial charge in [-0.1, -0.05) is 13.8 Å². The molecule has 0 aliphatic carbocycles. The molecule has 1 rings (SSSR count). The molecule has 0 aromatic rings. The van der Waals surface area contributed by atoms with Crippen molar-refractivity contribution in [3.63, 3.8) is 0 Å². The van der Waals surface area contributed by atoms with Crippen LogP contribution in [0.2, 0.25) is 0 Å². The van der Waals surface area contributed by atoms with Crippen LogP contribution in [0, 0.1) is 5.92 Å². The van der Waals surface area contributed by atoms with E-state index < -0.39 is 0 Å². The number of amides is 2. The Morgan fingerprint density at radius 2 is 2.15 bits per heavy atom. The number of hydrogen-bond acceptors (Lipinski definition) is 2. The van der Waals surface area contributed by atoms with E-state index in [0.29, 0.717) is 6.54 Å². The van der Waals surface area contributed by atoms with E-state index in [1.165, 1.54) is 0 Å². The Morgan fingerprint density at radius 1 is 1.54 bits per heavy atom. The normalized spacial score (nSPS) is 23.7. The van der Waals surface area contributed by atoms with Crippen molar-refractivity contribution in [2.45, 2.75) is 26.8 Å². The van der Waals surface area contributed by atoms with E-state index in [1.54, 1.807) is 4.90 Å². The largest absolute Gasteiger partial charge is 0.343 e. The highest BCUT2D eigenvalue weighted by molar-refractivity contribution is 5.94. The second-order valence-corrected chi connectivity index (χ2v) is 3.64. The Kier molecular flexibility index (Phi) is 2.90. The Labute approximate surface area is 78.3 Å². The van der Waals surface area contributed by atoms with Gasteiger partial charge in [0.25, 0.3) is 0 Å². The van der Waals surface area contributed by atoms with Gasteiger partial charge in [0.2, 0.25) is 11.8 Å². The summed E-state index contributed by atoms with van der Waals surface area (Å²) in [6, 6.07) is -0.332. The Balaban J connectivity index is 2.75. The maximum absolute atomic E-state index is 11.7. The second kappa shape index (κ2) is 3.77. The molecule has 0 saturated carbocycles. The van der Waals surface area contributed by atoms with Crippen molar-refractivity contribution in [2.24, 2.45) is 5.92 Å². The molecule has 1 saturated heterocycles. The van der Waals surface area contributed by atoms with Gasteiger partial charge in [-0.05, 0) is 12.8 Å². The lowest BCUT2D eigenvalue weighted by molar-refractivity contribution is -0.145. The molecule has 13 heavy (non-hydrogen) atoms. The lowest BCUT2D eigenvalue weighted by Gasteiger charge is -2.33. The molecule has 1 aliphatic heterocycles. The maximum Gasteiger partial charge on any atom is 0.245 e. The molecular weight excluding hydrogens is 168 g/mol. The summed E-state index contributed by atoms with van der Waals surface area (Å²) >= 11 is 0. The van der Waals surface area contributed by atoms with Gasteiger partial charge in [0.05, 0.1) is 6.54 Å². The summed E-state index contributed by atoms with van der Waals surface area (Å²) < 4.78 is 0. The number of nitrogens with zero attached hydrogens (tertiary/aromatic N) is 1. The number of nitrogens with one attached hydrogen (secondary N) is 1. The van der Waals surface area contributed by atoms with Crippen molar-refractivity contribution < 1.29 is 9.59 Å². The minimum atomic E-state index is -0.332. The molecule has 2 amide bonds. The molecule has 1 N–H and O–H groups in total. The number of carbonyl (C=O) groups is 2. The minimum Gasteiger partial charge on any atom is -0.343 e. The first kappa shape index (κ1) is 10.0. The molecule has 74 valence electrons. The van der Waals surface area contributed by atoms with Gasteiger partial charge in [-0.25, -0.2) is 0 Å². The van der Waals surface area contributed by atoms with Crippen molar-refractivity contribution in [1.29, 1.82) is 0 Å². The lowest BCUT2D eigenvalue weighted by Crippen LogP contribution is -2.59. The van der Waals surface area contributed by atoms with Crippen LogP contribution in [0.5, 0.6) is 0 Å². The van der Waals surface area contributed by atoms with E-state index in [0.717, 1.165) is 0 Å². The molecule has 0 aromatic heterocycles. The SMILES string of the molecule is CCN1CC(=O)NC(C(C)C)C1=O. The predicted octanol–water partition coefficient (Wildman–Crippen LogP) is -0.0107. The van der Waals surface area contributed by atoms with E-state index in [1.807, 2.05) is 20.8 Å². The highest BCUT2D eigenvalue weighted by atomic mass is 16.2. The van der Waals surface area contributed by atoms with Crippen molar-refractivity contribution in [1.82, 2.24) is 10.2 Å². The lowest BCUT2D eigenvalue weighted by atomic mass is 10.0. The quantitative estimate of drug-likeness (QED) is 0.656. The molecule has 4 nitrogen and oxygen atoms in total. The Morgan fingerprint density at radius 3 is 2.62 bits per heavy atom. The van der Waals surface area contributed by atoms with Crippen LogP contribution in [-0.4, -0.2) is 35.8 Å². The number of carbonyl (C=O) groups excluding carboxylic acids is 2. The van der Waals surface area contributed by atoms with Crippen LogP contribution in [-0.2, 0) is 9.59 Å². The summed E-state index contributed by atoms with van der Waals surface area (Å²) in [6.07, 6.45) is 0. The molecule has 1 fully saturated rings. The first-order valence-electron chi connectivity index (χ1n) is 4.64. The molecule has 0 spiro atoms. The van der Waals surface area contributed by atoms with Gasteiger partial charge < -0.3 is 10.2 Å². The van der Waals surface area contributed by atoms with E-state index in [2.05, 4.69) is 5.32 Å². The van der Waals surface area contributed by atoms with E-state index in [4.69, 9.17) is 0 Å². The van der Waals surface area contributed by atoms with Gasteiger partial charge in [0.1, 0.15) is 6.04 Å². The highest BCUT2D eigenvalue weighted by Gasteiger charge is 2.33. The van der Waals surface area contributed by atoms with Gasteiger partial charge in [-0.2, -0.15) is 0 Å². The zero-order valence-electron chi connectivity index (χ0n) is 8.33. The van der Waals surface area contributed by atoms with E-state index >= 15 is 0 Å². The Bertz CT molecular complexity index is 226. The molecular formula is C9H16N2O2. The van der Waals surface area contributed by atoms with Crippen LogP contribution in [0.4, 0.5) is 0 Å². The van der Waals surface area contributed by atoms with Gasteiger partial charge in [0, 0.05) is 6.54 Å². The summed E-state index contributed by atoms with van der Waals surface area (Å²) in [4.78, 5) is 24.4. The summed E-state index contributed by atoms with van der Waals surface area (Å²) in [5, 5.41) is 2.70. The zero-order valence-corrected chi connectivity index (χ0v) is 8.33. The third-order valence-corrected chi connectivity index (χ3v) is 2.28. The predicted molar refractivity (Wildman–Crippen MR) is 49.0 cm³/mol. The average molecular weight is 184 g/mol. The van der Waals surface area contributed by atoms with E-state index in [-0.39, 0.29) is 30.3 Å². The number of rotatable bonds is 2. The minimum absolute atomic E-state index is 0.0390.